The van der Waals surface area contributed by atoms with Gasteiger partial charge in [0.05, 0.1) is 78.7 Å². The first-order valence-electron chi connectivity index (χ1n) is 27.6. The van der Waals surface area contributed by atoms with Crippen molar-refractivity contribution in [1.29, 1.82) is 0 Å². The summed E-state index contributed by atoms with van der Waals surface area (Å²) in [6.45, 7) is 0. The summed E-state index contributed by atoms with van der Waals surface area (Å²) in [5.74, 6) is 1.01. The zero-order chi connectivity index (χ0) is 54.3. The molecule has 0 atom stereocenters. The predicted molar refractivity (Wildman–Crippen MR) is 338 cm³/mol. The maximum atomic E-state index is 5.80. The van der Waals surface area contributed by atoms with Gasteiger partial charge in [0, 0.05) is 55.2 Å². The number of nitrogens with zero attached hydrogens (tertiary/aromatic N) is 6. The van der Waals surface area contributed by atoms with E-state index in [0.29, 0.717) is 11.6 Å². The number of hydrogen-bond donors (Lipinski definition) is 2. The van der Waals surface area contributed by atoms with Gasteiger partial charge in [0.2, 0.25) is 0 Å². The molecule has 11 aromatic carbocycles. The number of rotatable bonds is 12. The van der Waals surface area contributed by atoms with Gasteiger partial charge in [-0.15, -0.1) is 0 Å². The van der Waals surface area contributed by atoms with E-state index in [0.717, 1.165) is 134 Å². The standard InChI is InChI=1S/C74H50N8/c1-7-27-49(28-8-1)59-47-60(50-29-9-2-10-30-50)78-73(77-59)67-69(75-53-35-15-5-16-36-53)72(82-65-45-25-21-41-57(65)58-42-22-26-46-66(58)82)68(74-79-61(51-31-11-3-12-32-51)48-62(80-74)52-33-13-4-14-34-52)70(76-54-37-17-6-18-38-54)71(67)81-63-43-23-19-39-55(63)56-40-20-24-44-64(56)81/h1-48,75-76H. The van der Waals surface area contributed by atoms with Crippen molar-refractivity contribution < 1.29 is 0 Å². The maximum Gasteiger partial charge on any atom is 0.164 e. The topological polar surface area (TPSA) is 85.5 Å². The SMILES string of the molecule is c1ccc(Nc2c(-c3nc(-c4ccccc4)cc(-c4ccccc4)n3)c(-n3c4ccccc4c4ccccc43)c(Nc3ccccc3)c(-c3nc(-c4ccccc4)cc(-c4ccccc4)n3)c2-n2c3ccccc3c3ccccc32)cc1. The molecule has 0 bridgehead atoms. The molecule has 0 fully saturated rings. The Hall–Kier alpha value is -11.2. The number of benzene rings is 11. The van der Waals surface area contributed by atoms with Crippen LogP contribution in [0.15, 0.2) is 291 Å². The van der Waals surface area contributed by atoms with Crippen LogP contribution >= 0.6 is 0 Å². The second-order valence-electron chi connectivity index (χ2n) is 20.3. The lowest BCUT2D eigenvalue weighted by Crippen LogP contribution is -2.14. The van der Waals surface area contributed by atoms with Gasteiger partial charge in [-0.2, -0.15) is 0 Å². The summed E-state index contributed by atoms with van der Waals surface area (Å²) in [5, 5.41) is 12.7. The number of para-hydroxylation sites is 6. The zero-order valence-corrected chi connectivity index (χ0v) is 44.4. The number of fused-ring (bicyclic) bond motifs is 6. The van der Waals surface area contributed by atoms with E-state index < -0.39 is 0 Å². The Balaban J connectivity index is 1.24. The highest BCUT2D eigenvalue weighted by molar-refractivity contribution is 6.16. The van der Waals surface area contributed by atoms with Crippen LogP contribution in [0.2, 0.25) is 0 Å². The van der Waals surface area contributed by atoms with E-state index in [1.54, 1.807) is 0 Å². The summed E-state index contributed by atoms with van der Waals surface area (Å²) < 4.78 is 4.81. The molecular formula is C74H50N8. The summed E-state index contributed by atoms with van der Waals surface area (Å²) >= 11 is 0. The average Bonchev–Trinajstić information content (AvgIpc) is 2.93. The minimum Gasteiger partial charge on any atom is -0.353 e. The van der Waals surface area contributed by atoms with Crippen molar-refractivity contribution in [3.8, 4) is 79.2 Å². The molecule has 0 aliphatic carbocycles. The first-order chi connectivity index (χ1) is 40.7. The summed E-state index contributed by atoms with van der Waals surface area (Å²) in [7, 11) is 0. The fourth-order valence-electron chi connectivity index (χ4n) is 11.7. The third-order valence-electron chi connectivity index (χ3n) is 15.3. The number of hydrogen-bond acceptors (Lipinski definition) is 6. The van der Waals surface area contributed by atoms with Gasteiger partial charge < -0.3 is 19.8 Å². The van der Waals surface area contributed by atoms with E-state index in [4.69, 9.17) is 19.9 Å². The smallest absolute Gasteiger partial charge is 0.164 e. The molecule has 0 saturated heterocycles. The lowest BCUT2D eigenvalue weighted by molar-refractivity contribution is 1.10. The summed E-state index contributed by atoms with van der Waals surface area (Å²) in [6.07, 6.45) is 0. The molecule has 386 valence electrons. The third kappa shape index (κ3) is 8.50. The molecule has 8 heteroatoms. The summed E-state index contributed by atoms with van der Waals surface area (Å²) in [6, 6.07) is 101. The second kappa shape index (κ2) is 20.5. The Bertz CT molecular complexity index is 4300. The number of aromatic nitrogens is 6. The van der Waals surface area contributed by atoms with E-state index in [2.05, 4.69) is 287 Å². The van der Waals surface area contributed by atoms with Crippen LogP contribution in [-0.4, -0.2) is 29.1 Å². The van der Waals surface area contributed by atoms with Gasteiger partial charge in [-0.25, -0.2) is 19.9 Å². The maximum absolute atomic E-state index is 5.80. The lowest BCUT2D eigenvalue weighted by Gasteiger charge is -2.29. The highest BCUT2D eigenvalue weighted by Crippen LogP contribution is 2.54. The molecule has 0 saturated carbocycles. The molecule has 4 heterocycles. The number of nitrogens with one attached hydrogen (secondary N) is 2. The predicted octanol–water partition coefficient (Wildman–Crippen LogP) is 18.9. The van der Waals surface area contributed by atoms with Crippen molar-refractivity contribution in [1.82, 2.24) is 29.1 Å². The zero-order valence-electron chi connectivity index (χ0n) is 44.4. The van der Waals surface area contributed by atoms with Crippen LogP contribution in [0.4, 0.5) is 22.7 Å². The normalized spacial score (nSPS) is 11.4. The molecule has 82 heavy (non-hydrogen) atoms. The van der Waals surface area contributed by atoms with Crippen LogP contribution in [-0.2, 0) is 0 Å². The molecular weight excluding hydrogens is 1000 g/mol. The van der Waals surface area contributed by atoms with Crippen molar-refractivity contribution in [2.24, 2.45) is 0 Å². The van der Waals surface area contributed by atoms with Crippen LogP contribution in [0.5, 0.6) is 0 Å². The van der Waals surface area contributed by atoms with E-state index in [9.17, 15) is 0 Å². The fraction of sp³-hybridized carbons (Fsp3) is 0. The molecule has 8 nitrogen and oxygen atoms in total. The summed E-state index contributed by atoms with van der Waals surface area (Å²) in [4.78, 5) is 23.2. The Morgan fingerprint density at radius 2 is 0.476 bits per heavy atom. The molecule has 0 aliphatic rings. The second-order valence-corrected chi connectivity index (χ2v) is 20.3. The van der Waals surface area contributed by atoms with Crippen molar-refractivity contribution in [2.45, 2.75) is 0 Å². The molecule has 15 rings (SSSR count). The average molecular weight is 1050 g/mol. The van der Waals surface area contributed by atoms with Crippen LogP contribution in [0.1, 0.15) is 0 Å². The molecule has 0 amide bonds. The largest absolute Gasteiger partial charge is 0.353 e. The number of anilines is 4. The van der Waals surface area contributed by atoms with Gasteiger partial charge in [0.1, 0.15) is 0 Å². The minimum atomic E-state index is 0.504. The molecule has 2 N–H and O–H groups in total. The van der Waals surface area contributed by atoms with Gasteiger partial charge in [-0.3, -0.25) is 0 Å². The van der Waals surface area contributed by atoms with E-state index >= 15 is 0 Å². The van der Waals surface area contributed by atoms with E-state index in [1.165, 1.54) is 0 Å². The van der Waals surface area contributed by atoms with Crippen LogP contribution in [0.3, 0.4) is 0 Å². The Labute approximate surface area is 474 Å². The van der Waals surface area contributed by atoms with Crippen molar-refractivity contribution in [2.75, 3.05) is 10.6 Å². The molecule has 15 aromatic rings. The summed E-state index contributed by atoms with van der Waals surface area (Å²) in [5.41, 5.74) is 17.2. The van der Waals surface area contributed by atoms with Crippen LogP contribution in [0.25, 0.3) is 123 Å². The molecule has 0 radical (unpaired) electrons. The quantitative estimate of drug-likeness (QED) is 0.127. The minimum absolute atomic E-state index is 0.504. The molecule has 4 aromatic heterocycles. The van der Waals surface area contributed by atoms with E-state index in [-0.39, 0.29) is 0 Å². The highest BCUT2D eigenvalue weighted by atomic mass is 15.1. The van der Waals surface area contributed by atoms with Gasteiger partial charge in [0.25, 0.3) is 0 Å². The third-order valence-corrected chi connectivity index (χ3v) is 15.3. The molecule has 0 aliphatic heterocycles. The van der Waals surface area contributed by atoms with Gasteiger partial charge in [-0.05, 0) is 60.7 Å². The van der Waals surface area contributed by atoms with Crippen molar-refractivity contribution in [3.05, 3.63) is 291 Å². The van der Waals surface area contributed by atoms with Crippen LogP contribution in [0, 0.1) is 0 Å². The first-order valence-corrected chi connectivity index (χ1v) is 27.6. The van der Waals surface area contributed by atoms with Gasteiger partial charge in [-0.1, -0.05) is 231 Å². The Morgan fingerprint density at radius 3 is 0.744 bits per heavy atom. The first kappa shape index (κ1) is 47.9. The van der Waals surface area contributed by atoms with Gasteiger partial charge >= 0.3 is 0 Å². The molecule has 0 unspecified atom stereocenters. The highest BCUT2D eigenvalue weighted by Gasteiger charge is 2.35. The van der Waals surface area contributed by atoms with Crippen molar-refractivity contribution >= 4 is 66.4 Å². The monoisotopic (exact) mass is 1050 g/mol. The van der Waals surface area contributed by atoms with Crippen LogP contribution < -0.4 is 10.6 Å². The Kier molecular flexibility index (Phi) is 12.0. The Morgan fingerprint density at radius 1 is 0.244 bits per heavy atom. The molecule has 0 spiro atoms. The fourth-order valence-corrected chi connectivity index (χ4v) is 11.7. The van der Waals surface area contributed by atoms with Crippen molar-refractivity contribution in [3.63, 3.8) is 0 Å². The van der Waals surface area contributed by atoms with Gasteiger partial charge in [0.15, 0.2) is 11.6 Å². The van der Waals surface area contributed by atoms with E-state index in [1.807, 2.05) is 24.3 Å². The lowest BCUT2D eigenvalue weighted by atomic mass is 9.95.